The Hall–Kier alpha value is -0.0800. The van der Waals surface area contributed by atoms with E-state index in [1.54, 1.807) is 0 Å². The van der Waals surface area contributed by atoms with Crippen molar-refractivity contribution in [3.05, 3.63) is 0 Å². The molecule has 0 aliphatic carbocycles. The van der Waals surface area contributed by atoms with Gasteiger partial charge in [0.1, 0.15) is 0 Å². The van der Waals surface area contributed by atoms with Gasteiger partial charge in [-0.1, -0.05) is 20.8 Å². The van der Waals surface area contributed by atoms with Gasteiger partial charge in [0.15, 0.2) is 0 Å². The maximum absolute atomic E-state index is 3.59. The van der Waals surface area contributed by atoms with E-state index in [0.29, 0.717) is 5.54 Å². The molecule has 84 valence electrons. The Kier molecular flexibility index (Phi) is 4.39. The molecule has 2 atom stereocenters. The summed E-state index contributed by atoms with van der Waals surface area (Å²) in [5.74, 6) is 1.56. The van der Waals surface area contributed by atoms with E-state index in [1.165, 1.54) is 19.4 Å². The fourth-order valence-electron chi connectivity index (χ4n) is 1.92. The SMILES string of the molecule is CC(C)C(C)CNCC1(C)CCCN1. The van der Waals surface area contributed by atoms with E-state index < -0.39 is 0 Å². The second-order valence-corrected chi connectivity index (χ2v) is 5.44. The molecule has 1 aliphatic heterocycles. The first kappa shape index (κ1) is 12.0. The molecule has 0 saturated carbocycles. The molecule has 0 amide bonds. The molecule has 1 aliphatic rings. The Morgan fingerprint density at radius 1 is 1.36 bits per heavy atom. The van der Waals surface area contributed by atoms with Gasteiger partial charge in [-0.15, -0.1) is 0 Å². The Bertz CT molecular complexity index is 160. The predicted molar refractivity (Wildman–Crippen MR) is 62.5 cm³/mol. The fourth-order valence-corrected chi connectivity index (χ4v) is 1.92. The first-order chi connectivity index (χ1) is 6.53. The molecule has 0 aromatic carbocycles. The highest BCUT2D eigenvalue weighted by molar-refractivity contribution is 4.90. The lowest BCUT2D eigenvalue weighted by Crippen LogP contribution is -2.46. The molecule has 2 unspecified atom stereocenters. The van der Waals surface area contributed by atoms with Gasteiger partial charge in [-0.3, -0.25) is 0 Å². The standard InChI is InChI=1S/C12H26N2/c1-10(2)11(3)8-13-9-12(4)6-5-7-14-12/h10-11,13-14H,5-9H2,1-4H3. The Labute approximate surface area is 88.8 Å². The summed E-state index contributed by atoms with van der Waals surface area (Å²) in [6.45, 7) is 12.7. The molecule has 0 spiro atoms. The zero-order valence-electron chi connectivity index (χ0n) is 10.2. The van der Waals surface area contributed by atoms with Gasteiger partial charge in [-0.05, 0) is 44.7 Å². The van der Waals surface area contributed by atoms with Crippen LogP contribution in [0.3, 0.4) is 0 Å². The van der Waals surface area contributed by atoms with E-state index in [1.807, 2.05) is 0 Å². The van der Waals surface area contributed by atoms with Gasteiger partial charge in [0.25, 0.3) is 0 Å². The van der Waals surface area contributed by atoms with Crippen LogP contribution in [0.5, 0.6) is 0 Å². The molecule has 0 radical (unpaired) electrons. The van der Waals surface area contributed by atoms with Crippen LogP contribution in [0.25, 0.3) is 0 Å². The molecule has 2 nitrogen and oxygen atoms in total. The fraction of sp³-hybridized carbons (Fsp3) is 1.00. The van der Waals surface area contributed by atoms with Crippen molar-refractivity contribution in [1.82, 2.24) is 10.6 Å². The molecular weight excluding hydrogens is 172 g/mol. The van der Waals surface area contributed by atoms with E-state index in [9.17, 15) is 0 Å². The largest absolute Gasteiger partial charge is 0.315 e. The molecule has 0 bridgehead atoms. The molecule has 1 fully saturated rings. The average molecular weight is 198 g/mol. The number of nitrogens with one attached hydrogen (secondary N) is 2. The minimum Gasteiger partial charge on any atom is -0.315 e. The predicted octanol–water partition coefficient (Wildman–Crippen LogP) is 2.01. The highest BCUT2D eigenvalue weighted by Gasteiger charge is 2.27. The van der Waals surface area contributed by atoms with Crippen molar-refractivity contribution in [3.8, 4) is 0 Å². The third-order valence-electron chi connectivity index (χ3n) is 3.58. The first-order valence-corrected chi connectivity index (χ1v) is 5.99. The van der Waals surface area contributed by atoms with Gasteiger partial charge >= 0.3 is 0 Å². The van der Waals surface area contributed by atoms with Gasteiger partial charge < -0.3 is 10.6 Å². The highest BCUT2D eigenvalue weighted by Crippen LogP contribution is 2.17. The molecule has 2 heteroatoms. The minimum absolute atomic E-state index is 0.358. The summed E-state index contributed by atoms with van der Waals surface area (Å²) in [6.07, 6.45) is 2.65. The van der Waals surface area contributed by atoms with Crippen molar-refractivity contribution < 1.29 is 0 Å². The van der Waals surface area contributed by atoms with Crippen LogP contribution in [-0.4, -0.2) is 25.2 Å². The molecule has 1 heterocycles. The van der Waals surface area contributed by atoms with Crippen LogP contribution in [0.15, 0.2) is 0 Å². The van der Waals surface area contributed by atoms with Crippen molar-refractivity contribution in [2.45, 2.75) is 46.1 Å². The van der Waals surface area contributed by atoms with E-state index in [0.717, 1.165) is 24.9 Å². The topological polar surface area (TPSA) is 24.1 Å². The number of rotatable bonds is 5. The quantitative estimate of drug-likeness (QED) is 0.706. The third-order valence-corrected chi connectivity index (χ3v) is 3.58. The molecule has 0 aromatic heterocycles. The van der Waals surface area contributed by atoms with Crippen LogP contribution in [0.2, 0.25) is 0 Å². The van der Waals surface area contributed by atoms with Crippen molar-refractivity contribution in [2.24, 2.45) is 11.8 Å². The summed E-state index contributed by atoms with van der Waals surface area (Å²) in [5.41, 5.74) is 0.358. The summed E-state index contributed by atoms with van der Waals surface area (Å²) in [4.78, 5) is 0. The van der Waals surface area contributed by atoms with Crippen LogP contribution < -0.4 is 10.6 Å². The van der Waals surface area contributed by atoms with Gasteiger partial charge in [-0.2, -0.15) is 0 Å². The number of hydrogen-bond donors (Lipinski definition) is 2. The molecule has 14 heavy (non-hydrogen) atoms. The van der Waals surface area contributed by atoms with Crippen LogP contribution in [0.4, 0.5) is 0 Å². The Balaban J connectivity index is 2.14. The maximum Gasteiger partial charge on any atom is 0.0278 e. The highest BCUT2D eigenvalue weighted by atomic mass is 15.0. The molecular formula is C12H26N2. The summed E-state index contributed by atoms with van der Waals surface area (Å²) >= 11 is 0. The van der Waals surface area contributed by atoms with Gasteiger partial charge in [0.05, 0.1) is 0 Å². The lowest BCUT2D eigenvalue weighted by Gasteiger charge is -2.26. The van der Waals surface area contributed by atoms with E-state index >= 15 is 0 Å². The molecule has 1 rings (SSSR count). The zero-order chi connectivity index (χ0) is 10.6. The third kappa shape index (κ3) is 3.58. The van der Waals surface area contributed by atoms with E-state index in [-0.39, 0.29) is 0 Å². The molecule has 1 saturated heterocycles. The smallest absolute Gasteiger partial charge is 0.0278 e. The zero-order valence-corrected chi connectivity index (χ0v) is 10.2. The van der Waals surface area contributed by atoms with Crippen LogP contribution in [0, 0.1) is 11.8 Å². The van der Waals surface area contributed by atoms with Crippen molar-refractivity contribution in [3.63, 3.8) is 0 Å². The second kappa shape index (κ2) is 5.13. The van der Waals surface area contributed by atoms with Crippen molar-refractivity contribution in [2.75, 3.05) is 19.6 Å². The minimum atomic E-state index is 0.358. The van der Waals surface area contributed by atoms with E-state index in [4.69, 9.17) is 0 Å². The van der Waals surface area contributed by atoms with Crippen molar-refractivity contribution >= 4 is 0 Å². The number of hydrogen-bond acceptors (Lipinski definition) is 2. The van der Waals surface area contributed by atoms with Crippen molar-refractivity contribution in [1.29, 1.82) is 0 Å². The monoisotopic (exact) mass is 198 g/mol. The van der Waals surface area contributed by atoms with Gasteiger partial charge in [-0.25, -0.2) is 0 Å². The summed E-state index contributed by atoms with van der Waals surface area (Å²) < 4.78 is 0. The molecule has 0 aromatic rings. The Morgan fingerprint density at radius 2 is 2.07 bits per heavy atom. The van der Waals surface area contributed by atoms with Crippen LogP contribution in [-0.2, 0) is 0 Å². The van der Waals surface area contributed by atoms with E-state index in [2.05, 4.69) is 38.3 Å². The second-order valence-electron chi connectivity index (χ2n) is 5.44. The Morgan fingerprint density at radius 3 is 2.57 bits per heavy atom. The van der Waals surface area contributed by atoms with Gasteiger partial charge in [0.2, 0.25) is 0 Å². The summed E-state index contributed by atoms with van der Waals surface area (Å²) in [7, 11) is 0. The lowest BCUT2D eigenvalue weighted by molar-refractivity contribution is 0.341. The lowest BCUT2D eigenvalue weighted by atomic mass is 9.96. The first-order valence-electron chi connectivity index (χ1n) is 5.99. The molecule has 2 N–H and O–H groups in total. The van der Waals surface area contributed by atoms with Gasteiger partial charge in [0, 0.05) is 12.1 Å². The summed E-state index contributed by atoms with van der Waals surface area (Å²) in [5, 5.41) is 7.16. The average Bonchev–Trinajstić information content (AvgIpc) is 2.52. The summed E-state index contributed by atoms with van der Waals surface area (Å²) in [6, 6.07) is 0. The van der Waals surface area contributed by atoms with Crippen LogP contribution >= 0.6 is 0 Å². The van der Waals surface area contributed by atoms with Crippen LogP contribution in [0.1, 0.15) is 40.5 Å². The maximum atomic E-state index is 3.59. The normalized spacial score (nSPS) is 29.8.